The van der Waals surface area contributed by atoms with E-state index in [1.807, 2.05) is 67.5 Å². The Kier molecular flexibility index (Phi) is 3.32. The molecular weight excluding hydrogens is 324 g/mol. The Labute approximate surface area is 144 Å². The fourth-order valence-electron chi connectivity index (χ4n) is 3.03. The number of hydrogen-bond acceptors (Lipinski definition) is 3. The lowest BCUT2D eigenvalue weighted by Crippen LogP contribution is -2.26. The highest BCUT2D eigenvalue weighted by Crippen LogP contribution is 2.43. The fourth-order valence-corrected chi connectivity index (χ4v) is 3.20. The minimum atomic E-state index is -0.135. The number of aromatic nitrogens is 2. The first kappa shape index (κ1) is 14.8. The third kappa shape index (κ3) is 2.09. The van der Waals surface area contributed by atoms with E-state index in [-0.39, 0.29) is 5.91 Å². The minimum Gasteiger partial charge on any atom is -0.328 e. The molecule has 1 amide bonds. The summed E-state index contributed by atoms with van der Waals surface area (Å²) in [4.78, 5) is 21.3. The largest absolute Gasteiger partial charge is 0.328 e. The van der Waals surface area contributed by atoms with Crippen LogP contribution in [0.3, 0.4) is 0 Å². The number of anilines is 4. The first-order valence-corrected chi connectivity index (χ1v) is 7.90. The van der Waals surface area contributed by atoms with Crippen molar-refractivity contribution < 1.29 is 4.79 Å². The van der Waals surface area contributed by atoms with E-state index in [2.05, 4.69) is 4.98 Å². The predicted octanol–water partition coefficient (Wildman–Crippen LogP) is 4.13. The minimum absolute atomic E-state index is 0.135. The monoisotopic (exact) mass is 338 g/mol. The van der Waals surface area contributed by atoms with Crippen LogP contribution in [-0.2, 0) is 7.05 Å². The van der Waals surface area contributed by atoms with E-state index < -0.39 is 0 Å². The Hall–Kier alpha value is -2.79. The molecule has 2 heterocycles. The van der Waals surface area contributed by atoms with Crippen LogP contribution in [-0.4, -0.2) is 22.5 Å². The summed E-state index contributed by atoms with van der Waals surface area (Å²) in [5, 5.41) is 0.579. The molecule has 0 atom stereocenters. The van der Waals surface area contributed by atoms with Gasteiger partial charge in [-0.25, -0.2) is 4.98 Å². The van der Waals surface area contributed by atoms with Crippen molar-refractivity contribution in [3.8, 4) is 0 Å². The molecule has 1 aliphatic rings. The molecule has 0 aliphatic carbocycles. The maximum Gasteiger partial charge on any atom is 0.283 e. The first-order chi connectivity index (χ1) is 11.6. The van der Waals surface area contributed by atoms with Gasteiger partial charge >= 0.3 is 0 Å². The summed E-state index contributed by atoms with van der Waals surface area (Å²) < 4.78 is 1.75. The highest BCUT2D eigenvalue weighted by atomic mass is 35.5. The number of halogens is 1. The number of aryl methyl sites for hydroxylation is 1. The first-order valence-electron chi connectivity index (χ1n) is 7.52. The van der Waals surface area contributed by atoms with E-state index in [1.54, 1.807) is 15.8 Å². The Balaban J connectivity index is 2.05. The molecular formula is C18H15ClN4O. The molecule has 0 bridgehead atoms. The molecule has 1 aliphatic heterocycles. The molecule has 0 N–H and O–H groups in total. The van der Waals surface area contributed by atoms with Crippen molar-refractivity contribution in [3.63, 3.8) is 0 Å². The van der Waals surface area contributed by atoms with Crippen LogP contribution in [0.25, 0.3) is 0 Å². The van der Waals surface area contributed by atoms with Gasteiger partial charge in [0.15, 0.2) is 11.5 Å². The summed E-state index contributed by atoms with van der Waals surface area (Å²) in [7, 11) is 3.73. The Morgan fingerprint density at radius 1 is 1.00 bits per heavy atom. The predicted molar refractivity (Wildman–Crippen MR) is 95.6 cm³/mol. The summed E-state index contributed by atoms with van der Waals surface area (Å²) in [6, 6.07) is 15.1. The third-order valence-electron chi connectivity index (χ3n) is 4.20. The fraction of sp³-hybridized carbons (Fsp3) is 0.111. The van der Waals surface area contributed by atoms with Crippen molar-refractivity contribution in [3.05, 3.63) is 65.6 Å². The maximum absolute atomic E-state index is 13.3. The van der Waals surface area contributed by atoms with Gasteiger partial charge in [0.05, 0.1) is 17.7 Å². The van der Waals surface area contributed by atoms with Crippen molar-refractivity contribution >= 4 is 40.4 Å². The van der Waals surface area contributed by atoms with Gasteiger partial charge in [0.25, 0.3) is 5.91 Å². The van der Waals surface area contributed by atoms with E-state index in [1.165, 1.54) is 0 Å². The van der Waals surface area contributed by atoms with Crippen LogP contribution in [0.4, 0.5) is 22.9 Å². The van der Waals surface area contributed by atoms with Crippen molar-refractivity contribution in [2.45, 2.75) is 0 Å². The lowest BCUT2D eigenvalue weighted by Gasteiger charge is -2.24. The summed E-state index contributed by atoms with van der Waals surface area (Å²) in [6.07, 6.45) is 1.66. The molecule has 5 nitrogen and oxygen atoms in total. The smallest absolute Gasteiger partial charge is 0.283 e. The van der Waals surface area contributed by atoms with Crippen LogP contribution in [0.1, 0.15) is 10.5 Å². The van der Waals surface area contributed by atoms with Gasteiger partial charge < -0.3 is 9.47 Å². The topological polar surface area (TPSA) is 41.4 Å². The molecule has 0 fully saturated rings. The zero-order valence-corrected chi connectivity index (χ0v) is 14.0. The van der Waals surface area contributed by atoms with Crippen molar-refractivity contribution in [2.75, 3.05) is 16.8 Å². The molecule has 0 saturated heterocycles. The zero-order valence-electron chi connectivity index (χ0n) is 13.3. The van der Waals surface area contributed by atoms with Gasteiger partial charge in [-0.15, -0.1) is 0 Å². The van der Waals surface area contributed by atoms with Gasteiger partial charge in [-0.3, -0.25) is 9.69 Å². The zero-order chi connectivity index (χ0) is 16.8. The number of carbonyl (C=O) groups is 1. The Morgan fingerprint density at radius 3 is 2.50 bits per heavy atom. The standard InChI is InChI=1S/C18H15ClN4O/c1-21-11-20-17-16(21)18(24)23(13-6-4-3-5-7-13)15-10-12(19)8-9-14(15)22(17)2/h3-11H,1-2H3. The second-order valence-electron chi connectivity index (χ2n) is 5.70. The average Bonchev–Trinajstić information content (AvgIpc) is 2.93. The van der Waals surface area contributed by atoms with Crippen LogP contribution in [0.15, 0.2) is 54.9 Å². The molecule has 1 aromatic heterocycles. The van der Waals surface area contributed by atoms with Crippen LogP contribution < -0.4 is 9.80 Å². The van der Waals surface area contributed by atoms with E-state index in [0.717, 1.165) is 17.1 Å². The van der Waals surface area contributed by atoms with Crippen LogP contribution >= 0.6 is 11.6 Å². The van der Waals surface area contributed by atoms with E-state index in [0.29, 0.717) is 16.5 Å². The highest BCUT2D eigenvalue weighted by Gasteiger charge is 2.33. The number of para-hydroxylation sites is 1. The second kappa shape index (κ2) is 5.39. The van der Waals surface area contributed by atoms with E-state index >= 15 is 0 Å². The summed E-state index contributed by atoms with van der Waals surface area (Å²) >= 11 is 6.22. The maximum atomic E-state index is 13.3. The van der Waals surface area contributed by atoms with E-state index in [4.69, 9.17) is 11.6 Å². The van der Waals surface area contributed by atoms with Gasteiger partial charge in [0.2, 0.25) is 0 Å². The normalized spacial score (nSPS) is 13.5. The van der Waals surface area contributed by atoms with Gasteiger partial charge in [0, 0.05) is 24.8 Å². The van der Waals surface area contributed by atoms with Crippen molar-refractivity contribution in [2.24, 2.45) is 7.05 Å². The van der Waals surface area contributed by atoms with Gasteiger partial charge in [-0.1, -0.05) is 29.8 Å². The average molecular weight is 339 g/mol. The molecule has 0 spiro atoms. The number of rotatable bonds is 1. The molecule has 2 aromatic carbocycles. The number of amides is 1. The lowest BCUT2D eigenvalue weighted by atomic mass is 10.2. The van der Waals surface area contributed by atoms with E-state index in [9.17, 15) is 4.79 Å². The summed E-state index contributed by atoms with van der Waals surface area (Å²) in [5.74, 6) is 0.494. The number of nitrogens with zero attached hydrogens (tertiary/aromatic N) is 4. The Bertz CT molecular complexity index is 935. The molecule has 0 saturated carbocycles. The van der Waals surface area contributed by atoms with Gasteiger partial charge in [-0.05, 0) is 30.3 Å². The summed E-state index contributed by atoms with van der Waals surface area (Å²) in [6.45, 7) is 0. The third-order valence-corrected chi connectivity index (χ3v) is 4.43. The van der Waals surface area contributed by atoms with Crippen molar-refractivity contribution in [1.29, 1.82) is 0 Å². The van der Waals surface area contributed by atoms with Crippen LogP contribution in [0.5, 0.6) is 0 Å². The molecule has 0 unspecified atom stereocenters. The lowest BCUT2D eigenvalue weighted by molar-refractivity contribution is 0.0993. The molecule has 120 valence electrons. The molecule has 0 radical (unpaired) electrons. The van der Waals surface area contributed by atoms with Gasteiger partial charge in [0.1, 0.15) is 0 Å². The molecule has 3 aromatic rings. The quantitative estimate of drug-likeness (QED) is 0.669. The number of fused-ring (bicyclic) bond motifs is 2. The number of carbonyl (C=O) groups excluding carboxylic acids is 1. The number of imidazole rings is 1. The molecule has 24 heavy (non-hydrogen) atoms. The number of benzene rings is 2. The summed E-state index contributed by atoms with van der Waals surface area (Å²) in [5.41, 5.74) is 2.93. The molecule has 6 heteroatoms. The second-order valence-corrected chi connectivity index (χ2v) is 6.13. The van der Waals surface area contributed by atoms with Crippen molar-refractivity contribution in [1.82, 2.24) is 9.55 Å². The van der Waals surface area contributed by atoms with Gasteiger partial charge in [-0.2, -0.15) is 0 Å². The Morgan fingerprint density at radius 2 is 1.75 bits per heavy atom. The molecule has 4 rings (SSSR count). The SMILES string of the molecule is CN1c2ccc(Cl)cc2N(c2ccccc2)C(=O)c2c1ncn2C. The van der Waals surface area contributed by atoms with Crippen LogP contribution in [0, 0.1) is 0 Å². The number of hydrogen-bond donors (Lipinski definition) is 0. The highest BCUT2D eigenvalue weighted by molar-refractivity contribution is 6.31. The van der Waals surface area contributed by atoms with Crippen LogP contribution in [0.2, 0.25) is 5.02 Å².